The average Bonchev–Trinajstić information content (AvgIpc) is 3.38. The van der Waals surface area contributed by atoms with E-state index in [4.69, 9.17) is 0 Å². The molecule has 5 amide bonds. The molecular formula is C36H61N7O7S. The Morgan fingerprint density at radius 2 is 1.71 bits per heavy atom. The highest BCUT2D eigenvalue weighted by atomic mass is 32.2. The predicted octanol–water partition coefficient (Wildman–Crippen LogP) is 2.22. The molecule has 14 nitrogen and oxygen atoms in total. The van der Waals surface area contributed by atoms with Gasteiger partial charge in [0.2, 0.25) is 17.6 Å². The fraction of sp³-hybridized carbons (Fsp3) is 0.806. The third-order valence-electron chi connectivity index (χ3n) is 11.5. The van der Waals surface area contributed by atoms with Crippen LogP contribution in [-0.4, -0.2) is 104 Å². The van der Waals surface area contributed by atoms with Gasteiger partial charge in [0.05, 0.1) is 6.04 Å². The van der Waals surface area contributed by atoms with Crippen LogP contribution >= 0.6 is 0 Å². The topological polar surface area (TPSA) is 186 Å². The second kappa shape index (κ2) is 16.7. The van der Waals surface area contributed by atoms with Crippen LogP contribution in [0.1, 0.15) is 99.3 Å². The number of hydrogen-bond donors (Lipinski definition) is 5. The summed E-state index contributed by atoms with van der Waals surface area (Å²) in [5.41, 5.74) is -0.703. The zero-order chi connectivity index (χ0) is 37.7. The van der Waals surface area contributed by atoms with Gasteiger partial charge in [-0.1, -0.05) is 79.7 Å². The van der Waals surface area contributed by atoms with Crippen LogP contribution in [0.5, 0.6) is 0 Å². The first kappa shape index (κ1) is 40.7. The highest BCUT2D eigenvalue weighted by Gasteiger charge is 2.69. The minimum atomic E-state index is -3.67. The number of nitrogens with zero attached hydrogens (tertiary/aromatic N) is 2. The largest absolute Gasteiger partial charge is 0.346 e. The second-order valence-corrected chi connectivity index (χ2v) is 18.2. The molecule has 0 aromatic heterocycles. The Bertz CT molecular complexity index is 1420. The zero-order valence-corrected chi connectivity index (χ0v) is 32.2. The van der Waals surface area contributed by atoms with Gasteiger partial charge < -0.3 is 26.2 Å². The Balaban J connectivity index is 1.56. The van der Waals surface area contributed by atoms with Gasteiger partial charge in [-0.2, -0.15) is 12.7 Å². The fourth-order valence-electron chi connectivity index (χ4n) is 8.12. The van der Waals surface area contributed by atoms with Gasteiger partial charge in [-0.05, 0) is 54.3 Å². The van der Waals surface area contributed by atoms with Crippen molar-refractivity contribution in [2.45, 2.75) is 123 Å². The predicted molar refractivity (Wildman–Crippen MR) is 194 cm³/mol. The lowest BCUT2D eigenvalue weighted by Crippen LogP contribution is -2.62. The molecule has 2 aliphatic carbocycles. The highest BCUT2D eigenvalue weighted by Crippen LogP contribution is 2.65. The molecule has 288 valence electrons. The summed E-state index contributed by atoms with van der Waals surface area (Å²) in [6.07, 6.45) is 8.15. The highest BCUT2D eigenvalue weighted by molar-refractivity contribution is 7.87. The number of likely N-dealkylation sites (tertiary alicyclic amines) is 1. The molecule has 6 atom stereocenters. The van der Waals surface area contributed by atoms with Crippen molar-refractivity contribution in [3.63, 3.8) is 0 Å². The van der Waals surface area contributed by atoms with E-state index in [2.05, 4.69) is 46.4 Å². The summed E-state index contributed by atoms with van der Waals surface area (Å²) < 4.78 is 29.3. The second-order valence-electron chi connectivity index (χ2n) is 16.5. The molecule has 2 saturated carbocycles. The molecule has 15 heteroatoms. The molecule has 4 aliphatic rings. The fourth-order valence-corrected chi connectivity index (χ4v) is 9.42. The molecule has 4 rings (SSSR count). The molecule has 0 bridgehead atoms. The van der Waals surface area contributed by atoms with Crippen LogP contribution in [0.4, 0.5) is 4.79 Å². The van der Waals surface area contributed by atoms with Crippen molar-refractivity contribution in [1.82, 2.24) is 35.2 Å². The van der Waals surface area contributed by atoms with Crippen molar-refractivity contribution < 1.29 is 32.4 Å². The van der Waals surface area contributed by atoms with Gasteiger partial charge in [-0.25, -0.2) is 9.52 Å². The van der Waals surface area contributed by atoms with Crippen LogP contribution in [0.2, 0.25) is 0 Å². The van der Waals surface area contributed by atoms with E-state index in [9.17, 15) is 32.4 Å². The summed E-state index contributed by atoms with van der Waals surface area (Å²) in [7, 11) is -3.67. The van der Waals surface area contributed by atoms with Crippen LogP contribution in [0, 0.1) is 28.6 Å². The van der Waals surface area contributed by atoms with Gasteiger partial charge >= 0.3 is 6.03 Å². The van der Waals surface area contributed by atoms with Gasteiger partial charge in [0, 0.05) is 38.8 Å². The first-order valence-electron chi connectivity index (χ1n) is 18.8. The Hall–Kier alpha value is -3.04. The molecule has 2 saturated heterocycles. The van der Waals surface area contributed by atoms with Gasteiger partial charge in [-0.15, -0.1) is 6.58 Å². The SMILES string of the molecule is C=CCNC(=O)C(=O)C(CCCC)NC(=O)[C@@H]1C2[C@H](CN1C(=O)[C@@H](NC(=O)N[C@H](CN1CCCNS1(=O)=O)C(C)(C)C)C1CCCCC1)C2(C)C. The van der Waals surface area contributed by atoms with Crippen LogP contribution in [0.25, 0.3) is 0 Å². The first-order chi connectivity index (χ1) is 23.9. The number of fused-ring (bicyclic) bond motifs is 1. The van der Waals surface area contributed by atoms with E-state index < -0.39 is 63.4 Å². The van der Waals surface area contributed by atoms with Gasteiger partial charge in [-0.3, -0.25) is 19.2 Å². The third-order valence-corrected chi connectivity index (χ3v) is 13.1. The summed E-state index contributed by atoms with van der Waals surface area (Å²) >= 11 is 0. The lowest BCUT2D eigenvalue weighted by Gasteiger charge is -2.39. The van der Waals surface area contributed by atoms with Crippen LogP contribution in [0.15, 0.2) is 12.7 Å². The van der Waals surface area contributed by atoms with Crippen molar-refractivity contribution in [2.24, 2.45) is 28.6 Å². The molecule has 51 heavy (non-hydrogen) atoms. The summed E-state index contributed by atoms with van der Waals surface area (Å²) in [6, 6.07) is -3.92. The lowest BCUT2D eigenvalue weighted by atomic mass is 9.83. The molecule has 5 N–H and O–H groups in total. The molecule has 4 fully saturated rings. The maximum atomic E-state index is 14.6. The molecule has 0 aromatic rings. The summed E-state index contributed by atoms with van der Waals surface area (Å²) in [6.45, 7) is 16.7. The summed E-state index contributed by atoms with van der Waals surface area (Å²) in [5.74, 6) is -2.54. The maximum Gasteiger partial charge on any atom is 0.315 e. The Morgan fingerprint density at radius 3 is 2.31 bits per heavy atom. The minimum Gasteiger partial charge on any atom is -0.346 e. The monoisotopic (exact) mass is 735 g/mol. The summed E-state index contributed by atoms with van der Waals surface area (Å²) in [4.78, 5) is 69.9. The third kappa shape index (κ3) is 9.69. The van der Waals surface area contributed by atoms with Gasteiger partial charge in [0.15, 0.2) is 0 Å². The van der Waals surface area contributed by atoms with Gasteiger partial charge in [0.25, 0.3) is 16.1 Å². The van der Waals surface area contributed by atoms with E-state index in [1.165, 1.54) is 10.4 Å². The number of rotatable bonds is 15. The molecule has 0 spiro atoms. The molecular weight excluding hydrogens is 675 g/mol. The first-order valence-corrected chi connectivity index (χ1v) is 20.2. The molecule has 2 aliphatic heterocycles. The number of ketones is 1. The van der Waals surface area contributed by atoms with E-state index in [-0.39, 0.29) is 48.6 Å². The van der Waals surface area contributed by atoms with Crippen LogP contribution in [-0.2, 0) is 29.4 Å². The normalized spacial score (nSPS) is 26.2. The number of carbonyl (C=O) groups excluding carboxylic acids is 5. The lowest BCUT2D eigenvalue weighted by molar-refractivity contribution is -0.144. The van der Waals surface area contributed by atoms with E-state index in [1.807, 2.05) is 27.7 Å². The van der Waals surface area contributed by atoms with E-state index >= 15 is 0 Å². The smallest absolute Gasteiger partial charge is 0.315 e. The zero-order valence-electron chi connectivity index (χ0n) is 31.4. The number of amides is 5. The van der Waals surface area contributed by atoms with E-state index in [0.29, 0.717) is 32.5 Å². The molecule has 2 unspecified atom stereocenters. The van der Waals surface area contributed by atoms with E-state index in [0.717, 1.165) is 38.5 Å². The van der Waals surface area contributed by atoms with Crippen LogP contribution in [0.3, 0.4) is 0 Å². The number of piperidine rings is 1. The molecule has 0 aromatic carbocycles. The van der Waals surface area contributed by atoms with Crippen molar-refractivity contribution in [3.8, 4) is 0 Å². The number of carbonyl (C=O) groups is 5. The number of hydrogen-bond acceptors (Lipinski definition) is 7. The molecule has 2 heterocycles. The Labute approximate surface area is 304 Å². The number of nitrogens with one attached hydrogen (secondary N) is 5. The number of Topliss-reactive ketones (excluding diaryl/α,β-unsaturated/α-hetero) is 1. The maximum absolute atomic E-state index is 14.6. The Kier molecular flexibility index (Phi) is 13.4. The summed E-state index contributed by atoms with van der Waals surface area (Å²) in [5, 5.41) is 11.3. The average molecular weight is 736 g/mol. The van der Waals surface area contributed by atoms with Crippen molar-refractivity contribution in [3.05, 3.63) is 12.7 Å². The van der Waals surface area contributed by atoms with E-state index in [1.54, 1.807) is 4.90 Å². The van der Waals surface area contributed by atoms with Crippen molar-refractivity contribution in [1.29, 1.82) is 0 Å². The van der Waals surface area contributed by atoms with Crippen molar-refractivity contribution in [2.75, 3.05) is 32.7 Å². The number of unbranched alkanes of at least 4 members (excludes halogenated alkanes) is 1. The number of urea groups is 1. The Morgan fingerprint density at radius 1 is 1.02 bits per heavy atom. The van der Waals surface area contributed by atoms with Crippen LogP contribution < -0.4 is 26.0 Å². The quantitative estimate of drug-likeness (QED) is 0.126. The standard InChI is InChI=1S/C36H61N7O7S/c1-8-10-17-25(30(44)32(46)37-18-9-2)39-31(45)29-27-24(36(27,6)7)21-43(29)33(47)28(23-15-12-11-13-16-23)41-34(48)40-26(35(3,4)5)22-42-20-14-19-38-51(42,49)50/h9,23-29,38H,2,8,10-22H2,1,3-7H3,(H,37,46)(H,39,45)(H2,40,41,48)/t24-,25?,26+,27?,28-,29-/m0/s1. The van der Waals surface area contributed by atoms with Gasteiger partial charge in [0.1, 0.15) is 12.1 Å². The minimum absolute atomic E-state index is 0.0732. The molecule has 0 radical (unpaired) electrons. The van der Waals surface area contributed by atoms with Crippen molar-refractivity contribution >= 4 is 39.7 Å².